The van der Waals surface area contributed by atoms with Gasteiger partial charge in [0.15, 0.2) is 0 Å². The molecule has 1 rings (SSSR count). The minimum Gasteiger partial charge on any atom is -0.384 e. The van der Waals surface area contributed by atoms with Gasteiger partial charge in [-0.3, -0.25) is 0 Å². The predicted octanol–water partition coefficient (Wildman–Crippen LogP) is 1.92. The molecule has 0 aromatic carbocycles. The number of nitrogens with zero attached hydrogens (tertiary/aromatic N) is 1. The number of halogens is 2. The molecule has 4 heteroatoms. The second kappa shape index (κ2) is 2.70. The van der Waals surface area contributed by atoms with Gasteiger partial charge in [0.2, 0.25) is 0 Å². The van der Waals surface area contributed by atoms with Crippen molar-refractivity contribution >= 4 is 40.0 Å². The van der Waals surface area contributed by atoms with Crippen LogP contribution in [0.4, 0.5) is 5.82 Å². The molecule has 1 aromatic rings. The van der Waals surface area contributed by atoms with Crippen LogP contribution in [0.5, 0.6) is 0 Å². The molecule has 1 heterocycles. The van der Waals surface area contributed by atoms with E-state index < -0.39 is 0 Å². The first-order valence-electron chi connectivity index (χ1n) is 2.27. The highest BCUT2D eigenvalue weighted by Gasteiger charge is 1.92. The molecule has 2 nitrogen and oxygen atoms in total. The number of aromatic nitrogens is 1. The van der Waals surface area contributed by atoms with E-state index in [1.54, 1.807) is 12.1 Å². The maximum atomic E-state index is 5.63. The van der Waals surface area contributed by atoms with Crippen molar-refractivity contribution in [2.75, 3.05) is 5.73 Å². The van der Waals surface area contributed by atoms with E-state index in [0.717, 1.165) is 3.70 Å². The summed E-state index contributed by atoms with van der Waals surface area (Å²) >= 11 is 7.68. The second-order valence-electron chi connectivity index (χ2n) is 1.53. The maximum absolute atomic E-state index is 5.63. The highest BCUT2D eigenvalue weighted by molar-refractivity contribution is 14.1. The molecule has 0 aliphatic rings. The Bertz CT molecular complexity index is 176. The summed E-state index contributed by atoms with van der Waals surface area (Å²) in [5, 5.41) is 0.631. The Balaban J connectivity index is 3.17. The van der Waals surface area contributed by atoms with Crippen LogP contribution in [0.1, 0.15) is 0 Å². The second-order valence-corrected chi connectivity index (χ2v) is 3.07. The summed E-state index contributed by atoms with van der Waals surface area (Å²) in [5.41, 5.74) is 5.36. The van der Waals surface area contributed by atoms with Crippen LogP contribution in [-0.4, -0.2) is 4.98 Å². The van der Waals surface area contributed by atoms with E-state index in [2.05, 4.69) is 27.6 Å². The number of anilines is 1. The summed E-state index contributed by atoms with van der Waals surface area (Å²) in [4.78, 5) is 3.91. The third-order valence-electron chi connectivity index (χ3n) is 0.779. The van der Waals surface area contributed by atoms with Crippen LogP contribution >= 0.6 is 34.2 Å². The van der Waals surface area contributed by atoms with Crippen LogP contribution in [0.3, 0.4) is 0 Å². The van der Waals surface area contributed by atoms with Gasteiger partial charge < -0.3 is 5.73 Å². The van der Waals surface area contributed by atoms with Gasteiger partial charge in [-0.1, -0.05) is 11.6 Å². The Morgan fingerprint density at radius 2 is 2.22 bits per heavy atom. The van der Waals surface area contributed by atoms with Crippen LogP contribution in [0.25, 0.3) is 0 Å². The third kappa shape index (κ3) is 1.98. The van der Waals surface area contributed by atoms with Gasteiger partial charge in [-0.25, -0.2) is 4.98 Å². The van der Waals surface area contributed by atoms with Crippen LogP contribution in [0, 0.1) is 3.70 Å². The van der Waals surface area contributed by atoms with Gasteiger partial charge in [-0.05, 0) is 34.7 Å². The average Bonchev–Trinajstić information content (AvgIpc) is 1.59. The number of nitrogen functional groups attached to an aromatic ring is 1. The fourth-order valence-electron chi connectivity index (χ4n) is 0.485. The molecule has 0 amide bonds. The standard InChI is InChI=1S/C5H4ClIN2/c6-3-1-4(7)9-5(8)2-3/h1-2H,(H2,8,9). The van der Waals surface area contributed by atoms with Gasteiger partial charge >= 0.3 is 0 Å². The molecule has 1 aromatic heterocycles. The van der Waals surface area contributed by atoms with Crippen LogP contribution in [-0.2, 0) is 0 Å². The molecular formula is C5H4ClIN2. The Hall–Kier alpha value is -0.0300. The minimum absolute atomic E-state index is 0.465. The lowest BCUT2D eigenvalue weighted by molar-refractivity contribution is 1.28. The van der Waals surface area contributed by atoms with Gasteiger partial charge in [-0.2, -0.15) is 0 Å². The van der Waals surface area contributed by atoms with Gasteiger partial charge in [-0.15, -0.1) is 0 Å². The Morgan fingerprint density at radius 3 is 2.67 bits per heavy atom. The Morgan fingerprint density at radius 1 is 1.56 bits per heavy atom. The first-order valence-corrected chi connectivity index (χ1v) is 3.73. The lowest BCUT2D eigenvalue weighted by Gasteiger charge is -1.93. The van der Waals surface area contributed by atoms with Gasteiger partial charge in [0.1, 0.15) is 9.52 Å². The van der Waals surface area contributed by atoms with Crippen molar-refractivity contribution in [2.45, 2.75) is 0 Å². The van der Waals surface area contributed by atoms with Crippen LogP contribution in [0.2, 0.25) is 5.02 Å². The molecule has 0 fully saturated rings. The molecule has 0 spiro atoms. The number of rotatable bonds is 0. The summed E-state index contributed by atoms with van der Waals surface area (Å²) in [5.74, 6) is 0.465. The van der Waals surface area contributed by atoms with Crippen LogP contribution in [0.15, 0.2) is 12.1 Å². The van der Waals surface area contributed by atoms with Gasteiger partial charge in [0.05, 0.1) is 0 Å². The Labute approximate surface area is 71.6 Å². The van der Waals surface area contributed by atoms with E-state index in [1.165, 1.54) is 0 Å². The van der Waals surface area contributed by atoms with Crippen molar-refractivity contribution in [3.8, 4) is 0 Å². The summed E-state index contributed by atoms with van der Waals surface area (Å²) in [7, 11) is 0. The molecule has 2 N–H and O–H groups in total. The minimum atomic E-state index is 0.465. The molecule has 0 bridgehead atoms. The predicted molar refractivity (Wildman–Crippen MR) is 46.4 cm³/mol. The van der Waals surface area contributed by atoms with Crippen molar-refractivity contribution in [3.63, 3.8) is 0 Å². The quantitative estimate of drug-likeness (QED) is 0.567. The zero-order chi connectivity index (χ0) is 6.85. The van der Waals surface area contributed by atoms with E-state index in [-0.39, 0.29) is 0 Å². The summed E-state index contributed by atoms with van der Waals surface area (Å²) < 4.78 is 0.817. The van der Waals surface area contributed by atoms with E-state index in [1.807, 2.05) is 0 Å². The first kappa shape index (κ1) is 7.08. The molecule has 0 aliphatic carbocycles. The fraction of sp³-hybridized carbons (Fsp3) is 0. The molecule has 0 unspecified atom stereocenters. The number of hydrogen-bond acceptors (Lipinski definition) is 2. The lowest BCUT2D eigenvalue weighted by Crippen LogP contribution is -1.90. The SMILES string of the molecule is Nc1cc(Cl)cc(I)n1. The zero-order valence-electron chi connectivity index (χ0n) is 4.44. The summed E-state index contributed by atoms with van der Waals surface area (Å²) in [6.07, 6.45) is 0. The van der Waals surface area contributed by atoms with Crippen LogP contribution < -0.4 is 5.73 Å². The van der Waals surface area contributed by atoms with E-state index in [9.17, 15) is 0 Å². The van der Waals surface area contributed by atoms with E-state index >= 15 is 0 Å². The number of nitrogens with two attached hydrogens (primary N) is 1. The third-order valence-corrected chi connectivity index (χ3v) is 1.55. The topological polar surface area (TPSA) is 38.9 Å². The zero-order valence-corrected chi connectivity index (χ0v) is 7.35. The number of hydrogen-bond donors (Lipinski definition) is 1. The highest BCUT2D eigenvalue weighted by atomic mass is 127. The van der Waals surface area contributed by atoms with Crippen molar-refractivity contribution in [1.29, 1.82) is 0 Å². The van der Waals surface area contributed by atoms with Gasteiger partial charge in [0, 0.05) is 5.02 Å². The summed E-state index contributed by atoms with van der Waals surface area (Å²) in [6, 6.07) is 3.36. The molecule has 0 saturated carbocycles. The van der Waals surface area contributed by atoms with E-state index in [4.69, 9.17) is 17.3 Å². The normalized spacial score (nSPS) is 9.56. The van der Waals surface area contributed by atoms with Crippen molar-refractivity contribution in [2.24, 2.45) is 0 Å². The van der Waals surface area contributed by atoms with Gasteiger partial charge in [0.25, 0.3) is 0 Å². The largest absolute Gasteiger partial charge is 0.384 e. The van der Waals surface area contributed by atoms with Crippen molar-refractivity contribution < 1.29 is 0 Å². The smallest absolute Gasteiger partial charge is 0.126 e. The number of pyridine rings is 1. The van der Waals surface area contributed by atoms with Crippen molar-refractivity contribution in [1.82, 2.24) is 4.98 Å². The molecular weight excluding hydrogens is 250 g/mol. The Kier molecular flexibility index (Phi) is 2.13. The molecule has 0 atom stereocenters. The molecule has 0 radical (unpaired) electrons. The van der Waals surface area contributed by atoms with E-state index in [0.29, 0.717) is 10.8 Å². The maximum Gasteiger partial charge on any atom is 0.126 e. The van der Waals surface area contributed by atoms with Crippen molar-refractivity contribution in [3.05, 3.63) is 20.9 Å². The first-order chi connectivity index (χ1) is 4.18. The summed E-state index contributed by atoms with van der Waals surface area (Å²) in [6.45, 7) is 0. The molecule has 0 aliphatic heterocycles. The highest BCUT2D eigenvalue weighted by Crippen LogP contribution is 2.13. The lowest BCUT2D eigenvalue weighted by atomic mass is 10.5. The molecule has 0 saturated heterocycles. The molecule has 48 valence electrons. The fourth-order valence-corrected chi connectivity index (χ4v) is 1.50. The monoisotopic (exact) mass is 254 g/mol. The average molecular weight is 254 g/mol. The molecule has 9 heavy (non-hydrogen) atoms.